The number of aryl methyl sites for hydroxylation is 1. The molecule has 0 aliphatic heterocycles. The maximum atomic E-state index is 15.2. The third-order valence-corrected chi connectivity index (χ3v) is 9.69. The summed E-state index contributed by atoms with van der Waals surface area (Å²) in [6.07, 6.45) is -3.77. The number of anilines is 1. The third-order valence-electron chi connectivity index (χ3n) is 8.82. The second-order valence-electron chi connectivity index (χ2n) is 12.6. The number of rotatable bonds is 9. The average molecular weight is 773 g/mol. The van der Waals surface area contributed by atoms with Crippen LogP contribution in [0, 0.1) is 17.6 Å². The molecule has 2 aliphatic carbocycles. The molecular formula is C31H24ClF7N8O4S. The van der Waals surface area contributed by atoms with Gasteiger partial charge in [-0.1, -0.05) is 11.6 Å². The molecule has 7 rings (SSSR count). The number of hydrogen-bond acceptors (Lipinski definition) is 7. The first-order chi connectivity index (χ1) is 24.2. The molecule has 1 fully saturated rings. The summed E-state index contributed by atoms with van der Waals surface area (Å²) in [6.45, 7) is -1.12. The number of fused-ring (bicyclic) bond motifs is 4. The summed E-state index contributed by atoms with van der Waals surface area (Å²) in [7, 11) is -2.45. The van der Waals surface area contributed by atoms with Gasteiger partial charge in [-0.25, -0.2) is 22.2 Å². The van der Waals surface area contributed by atoms with Crippen LogP contribution < -0.4 is 15.6 Å². The Bertz CT molecular complexity index is 2460. The van der Waals surface area contributed by atoms with Gasteiger partial charge in [-0.2, -0.15) is 32.1 Å². The number of alkyl halides is 5. The molecule has 1 amide bonds. The lowest BCUT2D eigenvalue weighted by Crippen LogP contribution is -2.38. The molecule has 0 unspecified atom stereocenters. The molecule has 2 N–H and O–H groups in total. The highest BCUT2D eigenvalue weighted by molar-refractivity contribution is 7.92. The SMILES string of the molecule is Cn1nc(NS(C)(=O)=O)c2c(Cl)ccc(-n3c([C@@H](Cc4cc(F)cc(F)c4)NC(=O)Cn4nc(C(F)(F)F)c5c4C(F)(F)[C@@H]4C[C@H]54)nccc3=O)c21. The number of halogens is 8. The predicted octanol–water partition coefficient (Wildman–Crippen LogP) is 4.95. The number of nitrogens with one attached hydrogen (secondary N) is 2. The van der Waals surface area contributed by atoms with Crippen LogP contribution in [0.1, 0.15) is 46.7 Å². The minimum absolute atomic E-state index is 0.00676. The second kappa shape index (κ2) is 12.0. The number of carbonyl (C=O) groups excluding carboxylic acids is 1. The van der Waals surface area contributed by atoms with Gasteiger partial charge in [0.1, 0.15) is 29.7 Å². The largest absolute Gasteiger partial charge is 0.435 e. The molecular weight excluding hydrogens is 749 g/mol. The summed E-state index contributed by atoms with van der Waals surface area (Å²) < 4.78 is 130. The third kappa shape index (κ3) is 6.16. The van der Waals surface area contributed by atoms with Crippen molar-refractivity contribution in [3.8, 4) is 5.69 Å². The van der Waals surface area contributed by atoms with Gasteiger partial charge in [-0.05, 0) is 42.2 Å². The Hall–Kier alpha value is -4.98. The van der Waals surface area contributed by atoms with Gasteiger partial charge in [0.05, 0.1) is 33.9 Å². The summed E-state index contributed by atoms with van der Waals surface area (Å²) in [5, 5.41) is 10.1. The van der Waals surface area contributed by atoms with Crippen LogP contribution >= 0.6 is 11.6 Å². The Morgan fingerprint density at radius 1 is 1.12 bits per heavy atom. The van der Waals surface area contributed by atoms with Crippen molar-refractivity contribution in [1.82, 2.24) is 34.4 Å². The molecule has 274 valence electrons. The molecule has 21 heteroatoms. The Kier molecular flexibility index (Phi) is 8.20. The molecule has 0 radical (unpaired) electrons. The molecule has 2 aromatic carbocycles. The van der Waals surface area contributed by atoms with Crippen LogP contribution in [0.25, 0.3) is 16.6 Å². The van der Waals surface area contributed by atoms with Crippen molar-refractivity contribution in [3.05, 3.63) is 97.9 Å². The fraction of sp³-hybridized carbons (Fsp3) is 0.323. The fourth-order valence-electron chi connectivity index (χ4n) is 6.84. The van der Waals surface area contributed by atoms with Crippen molar-refractivity contribution in [3.63, 3.8) is 0 Å². The van der Waals surface area contributed by atoms with Crippen LogP contribution in [0.15, 0.2) is 47.4 Å². The molecule has 2 aliphatic rings. The molecule has 3 heterocycles. The Morgan fingerprint density at radius 3 is 2.46 bits per heavy atom. The van der Waals surface area contributed by atoms with Gasteiger partial charge < -0.3 is 5.32 Å². The highest BCUT2D eigenvalue weighted by Crippen LogP contribution is 2.68. The lowest BCUT2D eigenvalue weighted by molar-refractivity contribution is -0.142. The van der Waals surface area contributed by atoms with Gasteiger partial charge in [-0.15, -0.1) is 0 Å². The van der Waals surface area contributed by atoms with E-state index in [4.69, 9.17) is 11.6 Å². The van der Waals surface area contributed by atoms with E-state index >= 15 is 8.78 Å². The topological polar surface area (TPSA) is 146 Å². The zero-order valence-electron chi connectivity index (χ0n) is 26.6. The lowest BCUT2D eigenvalue weighted by Gasteiger charge is -2.23. The van der Waals surface area contributed by atoms with E-state index in [-0.39, 0.29) is 45.2 Å². The van der Waals surface area contributed by atoms with Crippen LogP contribution in [0.5, 0.6) is 0 Å². The van der Waals surface area contributed by atoms with Crippen LogP contribution in [0.2, 0.25) is 5.02 Å². The molecule has 52 heavy (non-hydrogen) atoms. The van der Waals surface area contributed by atoms with E-state index in [1.54, 1.807) is 0 Å². The van der Waals surface area contributed by atoms with E-state index in [1.807, 2.05) is 0 Å². The predicted molar refractivity (Wildman–Crippen MR) is 170 cm³/mol. The van der Waals surface area contributed by atoms with Gasteiger partial charge in [0.2, 0.25) is 15.9 Å². The van der Waals surface area contributed by atoms with Gasteiger partial charge in [-0.3, -0.25) is 28.2 Å². The van der Waals surface area contributed by atoms with E-state index in [0.29, 0.717) is 10.7 Å². The van der Waals surface area contributed by atoms with E-state index in [2.05, 4.69) is 25.2 Å². The van der Waals surface area contributed by atoms with Gasteiger partial charge in [0, 0.05) is 43.3 Å². The van der Waals surface area contributed by atoms with Crippen molar-refractivity contribution in [2.75, 3.05) is 11.0 Å². The Balaban J connectivity index is 1.34. The molecule has 5 aromatic rings. The summed E-state index contributed by atoms with van der Waals surface area (Å²) in [6, 6.07) is 4.69. The van der Waals surface area contributed by atoms with Crippen LogP contribution in [-0.4, -0.2) is 49.7 Å². The molecule has 0 spiro atoms. The first-order valence-corrected chi connectivity index (χ1v) is 17.5. The molecule has 0 bridgehead atoms. The highest BCUT2D eigenvalue weighted by atomic mass is 35.5. The van der Waals surface area contributed by atoms with E-state index in [0.717, 1.165) is 35.2 Å². The number of benzene rings is 2. The van der Waals surface area contributed by atoms with E-state index in [1.165, 1.54) is 23.9 Å². The minimum Gasteiger partial charge on any atom is -0.344 e. The number of carbonyl (C=O) groups is 1. The smallest absolute Gasteiger partial charge is 0.344 e. The normalized spacial score (nSPS) is 18.3. The van der Waals surface area contributed by atoms with Crippen molar-refractivity contribution in [2.24, 2.45) is 13.0 Å². The highest BCUT2D eigenvalue weighted by Gasteiger charge is 2.68. The number of hydrogen-bond donors (Lipinski definition) is 2. The van der Waals surface area contributed by atoms with Crippen LogP contribution in [0.4, 0.5) is 36.6 Å². The standard InChI is InChI=1S/C31H24ClF7N8O4S/c1-45-25-20(4-3-18(32)24(25)28(43-45)44-52(2,50)51)47-22(49)5-6-40-29(47)19(9-13-7-14(33)10-15(34)8-13)41-21(48)12-46-27-23(26(42-46)31(37,38)39)16-11-17(16)30(27,35)36/h3-8,10,16-17,19H,9,11-12H2,1-2H3,(H,41,48)(H,43,44)/t16-,17+,19+/m0/s1. The van der Waals surface area contributed by atoms with Crippen LogP contribution in [0.3, 0.4) is 0 Å². The van der Waals surface area contributed by atoms with Gasteiger partial charge in [0.25, 0.3) is 11.5 Å². The lowest BCUT2D eigenvalue weighted by atomic mass is 10.0. The summed E-state index contributed by atoms with van der Waals surface area (Å²) in [5.41, 5.74) is -3.91. The van der Waals surface area contributed by atoms with Gasteiger partial charge >= 0.3 is 6.18 Å². The maximum absolute atomic E-state index is 15.2. The first kappa shape index (κ1) is 35.4. The quantitative estimate of drug-likeness (QED) is 0.202. The molecule has 3 aromatic heterocycles. The average Bonchev–Trinajstić information content (AvgIpc) is 3.55. The van der Waals surface area contributed by atoms with Gasteiger partial charge in [0.15, 0.2) is 11.5 Å². The zero-order chi connectivity index (χ0) is 37.7. The molecule has 3 atom stereocenters. The van der Waals surface area contributed by atoms with Crippen molar-refractivity contribution in [1.29, 1.82) is 0 Å². The van der Waals surface area contributed by atoms with Crippen LogP contribution in [-0.2, 0) is 46.9 Å². The zero-order valence-corrected chi connectivity index (χ0v) is 28.2. The second-order valence-corrected chi connectivity index (χ2v) is 14.7. The molecule has 1 saturated carbocycles. The number of aromatic nitrogens is 6. The van der Waals surface area contributed by atoms with E-state index < -0.39 is 93.0 Å². The Labute approximate surface area is 293 Å². The minimum atomic E-state index is -5.08. The number of amides is 1. The number of nitrogens with zero attached hydrogens (tertiary/aromatic N) is 6. The fourth-order valence-corrected chi connectivity index (χ4v) is 7.57. The first-order valence-electron chi connectivity index (χ1n) is 15.3. The summed E-state index contributed by atoms with van der Waals surface area (Å²) >= 11 is 6.44. The maximum Gasteiger partial charge on any atom is 0.435 e. The van der Waals surface area contributed by atoms with E-state index in [9.17, 15) is 40.0 Å². The van der Waals surface area contributed by atoms with Crippen molar-refractivity contribution < 1.29 is 43.9 Å². The molecule has 12 nitrogen and oxygen atoms in total. The van der Waals surface area contributed by atoms with Crippen molar-refractivity contribution >= 4 is 44.3 Å². The summed E-state index contributed by atoms with van der Waals surface area (Å²) in [4.78, 5) is 31.5. The number of sulfonamides is 1. The molecule has 0 saturated heterocycles. The summed E-state index contributed by atoms with van der Waals surface area (Å²) in [5.74, 6) is -9.71. The Morgan fingerprint density at radius 2 is 1.81 bits per heavy atom. The monoisotopic (exact) mass is 772 g/mol. The van der Waals surface area contributed by atoms with Crippen molar-refractivity contribution in [2.45, 2.75) is 43.4 Å².